The summed E-state index contributed by atoms with van der Waals surface area (Å²) < 4.78 is 45.4. The second kappa shape index (κ2) is 7.94. The van der Waals surface area contributed by atoms with Gasteiger partial charge in [0.2, 0.25) is 0 Å². The Hall–Kier alpha value is 0.615. The first kappa shape index (κ1) is 18.0. The van der Waals surface area contributed by atoms with Crippen LogP contribution < -0.4 is 62.9 Å². The zero-order valence-electron chi connectivity index (χ0n) is 12.2. The third kappa shape index (κ3) is 3.93. The molecule has 0 N–H and O–H groups in total. The van der Waals surface area contributed by atoms with Crippen LogP contribution in [0.25, 0.3) is 0 Å². The van der Waals surface area contributed by atoms with Crippen molar-refractivity contribution in [1.29, 1.82) is 0 Å². The third-order valence-corrected chi connectivity index (χ3v) is 4.42. The largest absolute Gasteiger partial charge is 1.00 e. The van der Waals surface area contributed by atoms with Crippen molar-refractivity contribution in [3.05, 3.63) is 35.5 Å². The zero-order valence-corrected chi connectivity index (χ0v) is 17.2. The molecular weight excluding hydrogens is 351 g/mol. The van der Waals surface area contributed by atoms with Crippen LogP contribution in [0, 0.1) is 18.2 Å². The van der Waals surface area contributed by atoms with Gasteiger partial charge in [-0.2, -0.15) is 12.8 Å². The molecule has 21 heavy (non-hydrogen) atoms. The van der Waals surface area contributed by atoms with Crippen LogP contribution in [0.2, 0.25) is 0 Å². The van der Waals surface area contributed by atoms with E-state index in [0.29, 0.717) is 17.9 Å². The second-order valence-electron chi connectivity index (χ2n) is 5.66. The number of benzene rings is 1. The Morgan fingerprint density at radius 2 is 1.86 bits per heavy atom. The molecule has 1 unspecified atom stereocenters. The molecule has 0 bridgehead atoms. The van der Waals surface area contributed by atoms with Gasteiger partial charge < -0.3 is 11.2 Å². The van der Waals surface area contributed by atoms with Crippen LogP contribution in [-0.2, 0) is 6.42 Å². The van der Waals surface area contributed by atoms with Gasteiger partial charge in [-0.25, -0.2) is 13.2 Å². The summed E-state index contributed by atoms with van der Waals surface area (Å²) in [5.74, 6) is -0.388. The van der Waals surface area contributed by atoms with E-state index in [1.807, 2.05) is 0 Å². The van der Waals surface area contributed by atoms with Gasteiger partial charge in [0, 0.05) is 0 Å². The fourth-order valence-corrected chi connectivity index (χ4v) is 3.27. The monoisotopic (exact) mass is 368 g/mol. The van der Waals surface area contributed by atoms with E-state index in [1.54, 1.807) is 6.07 Å². The Morgan fingerprint density at radius 1 is 1.14 bits per heavy atom. The van der Waals surface area contributed by atoms with E-state index in [-0.39, 0.29) is 70.0 Å². The molecule has 1 aromatic rings. The average Bonchev–Trinajstić information content (AvgIpc) is 2.48. The fraction of sp³-hybridized carbons (Fsp3) is 0.562. The van der Waals surface area contributed by atoms with Gasteiger partial charge in [-0.3, -0.25) is 0 Å². The summed E-state index contributed by atoms with van der Waals surface area (Å²) in [7, 11) is 0. The van der Waals surface area contributed by atoms with Crippen molar-refractivity contribution in [2.24, 2.45) is 5.92 Å². The molecule has 1 atom stereocenters. The number of halogens is 3. The average molecular weight is 369 g/mol. The summed E-state index contributed by atoms with van der Waals surface area (Å²) in [5.41, 5.74) is 0.159. The van der Waals surface area contributed by atoms with Crippen LogP contribution in [0.1, 0.15) is 49.7 Å². The van der Waals surface area contributed by atoms with Crippen molar-refractivity contribution < 1.29 is 76.1 Å². The molecule has 1 aromatic carbocycles. The maximum atomic E-state index is 14.1. The quantitative estimate of drug-likeness (QED) is 0.724. The summed E-state index contributed by atoms with van der Waals surface area (Å²) in [5, 5.41) is 0. The molecule has 5 heteroatoms. The van der Waals surface area contributed by atoms with Crippen molar-refractivity contribution >= 4 is 0 Å². The molecule has 2 aliphatic rings. The molecule has 0 radical (unpaired) electrons. The molecule has 1 saturated carbocycles. The van der Waals surface area contributed by atoms with Crippen LogP contribution >= 0.6 is 0 Å². The number of hydrogen-bond donors (Lipinski definition) is 0. The van der Waals surface area contributed by atoms with Gasteiger partial charge in [0.1, 0.15) is 6.10 Å². The van der Waals surface area contributed by atoms with Crippen molar-refractivity contribution in [2.75, 3.05) is 0 Å². The first-order valence-electron chi connectivity index (χ1n) is 7.24. The Labute approximate surface area is 172 Å². The summed E-state index contributed by atoms with van der Waals surface area (Å²) in [6.45, 7) is 0. The molecule has 0 amide bonds. The molecule has 0 aromatic heterocycles. The standard InChI is InChI=1S/C16H18F3O.Rb/c17-14-12(16(18)19)8-6-11-7-9-13(20-15(11)14)10-4-2-1-3-5-10;/h1,6,8,10,13,16H,2-5,7,9H2;/q-1;+1. The van der Waals surface area contributed by atoms with Crippen LogP contribution in [0.4, 0.5) is 13.2 Å². The van der Waals surface area contributed by atoms with Gasteiger partial charge >= 0.3 is 58.2 Å². The van der Waals surface area contributed by atoms with Crippen molar-refractivity contribution in [3.8, 4) is 5.75 Å². The van der Waals surface area contributed by atoms with Crippen LogP contribution in [0.5, 0.6) is 5.75 Å². The van der Waals surface area contributed by atoms with E-state index in [0.717, 1.165) is 32.1 Å². The third-order valence-electron chi connectivity index (χ3n) is 4.42. The van der Waals surface area contributed by atoms with Gasteiger partial charge in [0.15, 0.2) is 11.6 Å². The minimum atomic E-state index is -2.80. The molecule has 3 rings (SSSR count). The van der Waals surface area contributed by atoms with Gasteiger partial charge in [-0.15, -0.1) is 0 Å². The van der Waals surface area contributed by atoms with Gasteiger partial charge in [-0.1, -0.05) is 18.9 Å². The predicted molar refractivity (Wildman–Crippen MR) is 70.4 cm³/mol. The Kier molecular flexibility index (Phi) is 6.79. The number of alkyl halides is 2. The molecule has 1 aliphatic carbocycles. The smallest absolute Gasteiger partial charge is 0.487 e. The molecule has 1 nitrogen and oxygen atoms in total. The SMILES string of the molecule is Fc1c(C(F)F)ccc2c1OC(C1CC[CH-]CC1)CC2.[Rb+]. The zero-order chi connectivity index (χ0) is 14.1. The van der Waals surface area contributed by atoms with E-state index in [9.17, 15) is 13.2 Å². The summed E-state index contributed by atoms with van der Waals surface area (Å²) in [4.78, 5) is 0. The Bertz CT molecular complexity index is 487. The van der Waals surface area contributed by atoms with E-state index in [1.165, 1.54) is 6.07 Å². The van der Waals surface area contributed by atoms with Crippen molar-refractivity contribution in [2.45, 2.75) is 51.1 Å². The number of ether oxygens (including phenoxy) is 1. The number of rotatable bonds is 2. The number of fused-ring (bicyclic) bond motifs is 1. The van der Waals surface area contributed by atoms with Gasteiger partial charge in [0.05, 0.1) is 5.56 Å². The molecule has 0 saturated heterocycles. The minimum absolute atomic E-state index is 0. The van der Waals surface area contributed by atoms with E-state index >= 15 is 0 Å². The molecule has 1 fully saturated rings. The van der Waals surface area contributed by atoms with Crippen molar-refractivity contribution in [3.63, 3.8) is 0 Å². The van der Waals surface area contributed by atoms with Crippen molar-refractivity contribution in [1.82, 2.24) is 0 Å². The molecular formula is C16H18F3ORb. The van der Waals surface area contributed by atoms with E-state index in [2.05, 4.69) is 6.42 Å². The summed E-state index contributed by atoms with van der Waals surface area (Å²) in [6.07, 6.45) is 5.24. The predicted octanol–water partition coefficient (Wildman–Crippen LogP) is 1.86. The maximum Gasteiger partial charge on any atom is 1.00 e. The second-order valence-corrected chi connectivity index (χ2v) is 5.66. The van der Waals surface area contributed by atoms with E-state index < -0.39 is 17.8 Å². The normalized spacial score (nSPS) is 22.4. The molecule has 1 aliphatic heterocycles. The van der Waals surface area contributed by atoms with Crippen LogP contribution in [-0.4, -0.2) is 6.10 Å². The Balaban J connectivity index is 0.00000161. The minimum Gasteiger partial charge on any atom is -0.487 e. The number of hydrogen-bond acceptors (Lipinski definition) is 1. The van der Waals surface area contributed by atoms with Gasteiger partial charge in [0.25, 0.3) is 6.43 Å². The van der Waals surface area contributed by atoms with E-state index in [4.69, 9.17) is 4.74 Å². The molecule has 0 spiro atoms. The summed E-state index contributed by atoms with van der Waals surface area (Å²) >= 11 is 0. The molecule has 1 heterocycles. The Morgan fingerprint density at radius 3 is 2.52 bits per heavy atom. The topological polar surface area (TPSA) is 9.23 Å². The summed E-state index contributed by atoms with van der Waals surface area (Å²) in [6, 6.07) is 2.75. The first-order valence-corrected chi connectivity index (χ1v) is 7.24. The fourth-order valence-electron chi connectivity index (χ4n) is 3.27. The van der Waals surface area contributed by atoms with Crippen LogP contribution in [0.3, 0.4) is 0 Å². The number of aryl methyl sites for hydroxylation is 1. The molecule has 110 valence electrons. The van der Waals surface area contributed by atoms with Gasteiger partial charge in [-0.05, 0) is 30.4 Å². The maximum absolute atomic E-state index is 14.1. The van der Waals surface area contributed by atoms with Crippen LogP contribution in [0.15, 0.2) is 12.1 Å². The first-order chi connectivity index (χ1) is 9.66.